The number of carbonyl (C=O) groups is 1. The molecule has 8 heteroatoms. The topological polar surface area (TPSA) is 69.7 Å². The lowest BCUT2D eigenvalue weighted by Gasteiger charge is -2.29. The summed E-state index contributed by atoms with van der Waals surface area (Å²) in [6, 6.07) is 14.5. The summed E-state index contributed by atoms with van der Waals surface area (Å²) >= 11 is 1.76. The van der Waals surface area contributed by atoms with Crippen molar-refractivity contribution >= 4 is 39.1 Å². The molecular formula is C21H27N3O3S2. The highest BCUT2D eigenvalue weighted by molar-refractivity contribution is 7.99. The monoisotopic (exact) mass is 433 g/mol. The van der Waals surface area contributed by atoms with Crippen LogP contribution < -0.4 is 10.2 Å². The lowest BCUT2D eigenvalue weighted by molar-refractivity contribution is -0.117. The number of carbonyl (C=O) groups excluding carboxylic acids is 1. The average Bonchev–Trinajstić information content (AvgIpc) is 2.75. The Labute approximate surface area is 177 Å². The van der Waals surface area contributed by atoms with Crippen molar-refractivity contribution in [1.82, 2.24) is 4.31 Å². The van der Waals surface area contributed by atoms with Gasteiger partial charge in [-0.15, -0.1) is 11.8 Å². The zero-order chi connectivity index (χ0) is 20.9. The summed E-state index contributed by atoms with van der Waals surface area (Å²) in [5.74, 6) is 0.870. The van der Waals surface area contributed by atoms with Crippen molar-refractivity contribution in [2.45, 2.75) is 29.6 Å². The van der Waals surface area contributed by atoms with Crippen LogP contribution in [0.5, 0.6) is 0 Å². The second kappa shape index (κ2) is 9.65. The van der Waals surface area contributed by atoms with Gasteiger partial charge in [-0.1, -0.05) is 25.5 Å². The molecule has 6 nitrogen and oxygen atoms in total. The molecule has 1 aliphatic heterocycles. The van der Waals surface area contributed by atoms with E-state index < -0.39 is 10.0 Å². The van der Waals surface area contributed by atoms with E-state index in [2.05, 4.69) is 5.32 Å². The molecule has 2 aromatic rings. The second-order valence-corrected chi connectivity index (χ2v) is 10.1. The van der Waals surface area contributed by atoms with Crippen molar-refractivity contribution in [3.63, 3.8) is 0 Å². The summed E-state index contributed by atoms with van der Waals surface area (Å²) in [5, 5.41) is 3.11. The van der Waals surface area contributed by atoms with E-state index in [9.17, 15) is 13.2 Å². The summed E-state index contributed by atoms with van der Waals surface area (Å²) in [4.78, 5) is 15.9. The average molecular weight is 434 g/mol. The van der Waals surface area contributed by atoms with Crippen molar-refractivity contribution in [1.29, 1.82) is 0 Å². The van der Waals surface area contributed by atoms with Gasteiger partial charge >= 0.3 is 0 Å². The maximum absolute atomic E-state index is 12.7. The Morgan fingerprint density at radius 3 is 2.62 bits per heavy atom. The fourth-order valence-corrected chi connectivity index (χ4v) is 5.33. The van der Waals surface area contributed by atoms with Crippen LogP contribution in [-0.4, -0.2) is 51.1 Å². The number of nitrogens with one attached hydrogen (secondary N) is 1. The zero-order valence-electron chi connectivity index (χ0n) is 16.8. The fourth-order valence-electron chi connectivity index (χ4n) is 3.13. The molecule has 1 N–H and O–H groups in total. The van der Waals surface area contributed by atoms with Gasteiger partial charge in [0.25, 0.3) is 0 Å². The molecule has 29 heavy (non-hydrogen) atoms. The SMILES string of the molecule is CCCCN(C)S(=O)(=O)c1ccc(NCC(=O)N2CCSc3ccccc32)cc1. The summed E-state index contributed by atoms with van der Waals surface area (Å²) in [7, 11) is -1.88. The van der Waals surface area contributed by atoms with Gasteiger partial charge in [0.05, 0.1) is 17.1 Å². The molecule has 1 aliphatic rings. The summed E-state index contributed by atoms with van der Waals surface area (Å²) in [5.41, 5.74) is 1.67. The predicted octanol–water partition coefficient (Wildman–Crippen LogP) is 3.66. The molecule has 156 valence electrons. The number of amides is 1. The van der Waals surface area contributed by atoms with Crippen molar-refractivity contribution in [3.05, 3.63) is 48.5 Å². The Kier molecular flexibility index (Phi) is 7.21. The van der Waals surface area contributed by atoms with Gasteiger partial charge in [-0.3, -0.25) is 4.79 Å². The maximum atomic E-state index is 12.7. The minimum Gasteiger partial charge on any atom is -0.376 e. The lowest BCUT2D eigenvalue weighted by Crippen LogP contribution is -2.39. The zero-order valence-corrected chi connectivity index (χ0v) is 18.4. The highest BCUT2D eigenvalue weighted by Crippen LogP contribution is 2.34. The van der Waals surface area contributed by atoms with Crippen molar-refractivity contribution in [2.24, 2.45) is 0 Å². The number of benzene rings is 2. The Morgan fingerprint density at radius 1 is 1.17 bits per heavy atom. The number of nitrogens with zero attached hydrogens (tertiary/aromatic N) is 2. The van der Waals surface area contributed by atoms with Gasteiger partial charge in [-0.2, -0.15) is 0 Å². The van der Waals surface area contributed by atoms with Crippen LogP contribution in [0.4, 0.5) is 11.4 Å². The molecule has 0 radical (unpaired) electrons. The Balaban J connectivity index is 1.62. The third kappa shape index (κ3) is 5.12. The number of thioether (sulfide) groups is 1. The van der Waals surface area contributed by atoms with Gasteiger partial charge in [0, 0.05) is 36.5 Å². The molecule has 1 amide bonds. The van der Waals surface area contributed by atoms with E-state index in [1.54, 1.807) is 48.0 Å². The molecule has 0 aromatic heterocycles. The van der Waals surface area contributed by atoms with E-state index >= 15 is 0 Å². The van der Waals surface area contributed by atoms with Crippen molar-refractivity contribution in [3.8, 4) is 0 Å². The van der Waals surface area contributed by atoms with Crippen molar-refractivity contribution in [2.75, 3.05) is 42.7 Å². The van der Waals surface area contributed by atoms with Crippen LogP contribution >= 0.6 is 11.8 Å². The molecule has 1 heterocycles. The van der Waals surface area contributed by atoms with E-state index in [4.69, 9.17) is 0 Å². The minimum absolute atomic E-state index is 0.00579. The Bertz CT molecular complexity index is 946. The molecule has 0 saturated heterocycles. The fraction of sp³-hybridized carbons (Fsp3) is 0.381. The van der Waals surface area contributed by atoms with E-state index in [0.717, 1.165) is 29.2 Å². The van der Waals surface area contributed by atoms with Gasteiger partial charge in [0.2, 0.25) is 15.9 Å². The number of hydrogen-bond acceptors (Lipinski definition) is 5. The number of anilines is 2. The minimum atomic E-state index is -3.48. The highest BCUT2D eigenvalue weighted by atomic mass is 32.2. The Hall–Kier alpha value is -2.03. The molecule has 0 spiro atoms. The summed E-state index contributed by atoms with van der Waals surface area (Å²) in [6.07, 6.45) is 1.77. The molecule has 0 atom stereocenters. The predicted molar refractivity (Wildman–Crippen MR) is 119 cm³/mol. The number of hydrogen-bond donors (Lipinski definition) is 1. The summed E-state index contributed by atoms with van der Waals surface area (Å²) in [6.45, 7) is 3.37. The molecule has 2 aromatic carbocycles. The number of sulfonamides is 1. The molecule has 3 rings (SSSR count). The number of rotatable bonds is 8. The second-order valence-electron chi connectivity index (χ2n) is 6.92. The Morgan fingerprint density at radius 2 is 1.90 bits per heavy atom. The first-order valence-electron chi connectivity index (χ1n) is 9.76. The molecule has 0 bridgehead atoms. The molecule has 0 aliphatic carbocycles. The van der Waals surface area contributed by atoms with E-state index in [-0.39, 0.29) is 17.3 Å². The quantitative estimate of drug-likeness (QED) is 0.688. The van der Waals surface area contributed by atoms with Crippen LogP contribution in [0.1, 0.15) is 19.8 Å². The van der Waals surface area contributed by atoms with Crippen LogP contribution in [0.3, 0.4) is 0 Å². The van der Waals surface area contributed by atoms with Crippen LogP contribution in [0, 0.1) is 0 Å². The van der Waals surface area contributed by atoms with E-state index in [1.165, 1.54) is 4.31 Å². The largest absolute Gasteiger partial charge is 0.376 e. The smallest absolute Gasteiger partial charge is 0.246 e. The third-order valence-corrected chi connectivity index (χ3v) is 7.78. The van der Waals surface area contributed by atoms with Crippen LogP contribution in [0.15, 0.2) is 58.3 Å². The maximum Gasteiger partial charge on any atom is 0.246 e. The van der Waals surface area contributed by atoms with E-state index in [1.807, 2.05) is 31.2 Å². The summed E-state index contributed by atoms with van der Waals surface area (Å²) < 4.78 is 26.5. The van der Waals surface area contributed by atoms with Gasteiger partial charge in [-0.25, -0.2) is 12.7 Å². The highest BCUT2D eigenvalue weighted by Gasteiger charge is 2.23. The first-order valence-corrected chi connectivity index (χ1v) is 12.2. The lowest BCUT2D eigenvalue weighted by atomic mass is 10.2. The van der Waals surface area contributed by atoms with E-state index in [0.29, 0.717) is 18.8 Å². The number of para-hydroxylation sites is 1. The van der Waals surface area contributed by atoms with Crippen LogP contribution in [0.25, 0.3) is 0 Å². The third-order valence-electron chi connectivity index (χ3n) is 4.86. The molecule has 0 saturated carbocycles. The van der Waals surface area contributed by atoms with Gasteiger partial charge in [-0.05, 0) is 42.8 Å². The molecule has 0 unspecified atom stereocenters. The number of fused-ring (bicyclic) bond motifs is 1. The molecular weight excluding hydrogens is 406 g/mol. The van der Waals surface area contributed by atoms with Crippen molar-refractivity contribution < 1.29 is 13.2 Å². The number of unbranched alkanes of at least 4 members (excludes halogenated alkanes) is 1. The van der Waals surface area contributed by atoms with Crippen LogP contribution in [-0.2, 0) is 14.8 Å². The van der Waals surface area contributed by atoms with Crippen LogP contribution in [0.2, 0.25) is 0 Å². The van der Waals surface area contributed by atoms with Gasteiger partial charge in [0.1, 0.15) is 0 Å². The van der Waals surface area contributed by atoms with Gasteiger partial charge in [0.15, 0.2) is 0 Å². The first-order chi connectivity index (χ1) is 13.9. The molecule has 0 fully saturated rings. The van der Waals surface area contributed by atoms with Gasteiger partial charge < -0.3 is 10.2 Å². The first kappa shape index (κ1) is 21.7. The standard InChI is InChI=1S/C21H27N3O3S2/c1-3-4-13-23(2)29(26,27)18-11-9-17(10-12-18)22-16-21(25)24-14-15-28-20-8-6-5-7-19(20)24/h5-12,22H,3-4,13-16H2,1-2H3. The normalized spacial score (nSPS) is 14.0.